The summed E-state index contributed by atoms with van der Waals surface area (Å²) in [5.74, 6) is 0.849. The maximum absolute atomic E-state index is 4.59. The van der Waals surface area contributed by atoms with Gasteiger partial charge in [-0.05, 0) is 46.8 Å². The minimum atomic E-state index is 0.400. The fourth-order valence-electron chi connectivity index (χ4n) is 2.59. The molecule has 0 aliphatic carbocycles. The molecule has 0 amide bonds. The fourth-order valence-corrected chi connectivity index (χ4v) is 3.62. The highest BCUT2D eigenvalue weighted by Gasteiger charge is 2.22. The SMILES string of the molecule is CNC(C)c1cnc(N2CCC(CN(C)C)CC2)s1. The summed E-state index contributed by atoms with van der Waals surface area (Å²) in [6.07, 6.45) is 4.59. The lowest BCUT2D eigenvalue weighted by Gasteiger charge is -2.33. The van der Waals surface area contributed by atoms with Gasteiger partial charge in [-0.3, -0.25) is 0 Å². The van der Waals surface area contributed by atoms with E-state index in [1.165, 1.54) is 29.4 Å². The van der Waals surface area contributed by atoms with Gasteiger partial charge in [-0.15, -0.1) is 11.3 Å². The first-order chi connectivity index (χ1) is 9.10. The molecule has 0 aromatic carbocycles. The third-order valence-corrected chi connectivity index (χ3v) is 5.12. The van der Waals surface area contributed by atoms with Gasteiger partial charge in [0.15, 0.2) is 5.13 Å². The molecule has 1 unspecified atom stereocenters. The van der Waals surface area contributed by atoms with Crippen LogP contribution in [0.2, 0.25) is 0 Å². The summed E-state index contributed by atoms with van der Waals surface area (Å²) in [4.78, 5) is 10.7. The first kappa shape index (κ1) is 14.8. The van der Waals surface area contributed by atoms with Crippen LogP contribution in [0.3, 0.4) is 0 Å². The van der Waals surface area contributed by atoms with Crippen molar-refractivity contribution in [1.82, 2.24) is 15.2 Å². The summed E-state index contributed by atoms with van der Waals surface area (Å²) in [5.41, 5.74) is 0. The van der Waals surface area contributed by atoms with Crippen LogP contribution in [0.25, 0.3) is 0 Å². The standard InChI is InChI=1S/C14H26N4S/c1-11(15-2)13-9-16-14(19-13)18-7-5-12(6-8-18)10-17(3)4/h9,11-12,15H,5-8,10H2,1-4H3. The van der Waals surface area contributed by atoms with Gasteiger partial charge in [0.05, 0.1) is 0 Å². The second-order valence-corrected chi connectivity index (χ2v) is 6.79. The highest BCUT2D eigenvalue weighted by Crippen LogP contribution is 2.30. The largest absolute Gasteiger partial charge is 0.348 e. The Morgan fingerprint density at radius 3 is 2.74 bits per heavy atom. The number of piperidine rings is 1. The third kappa shape index (κ3) is 3.91. The molecule has 0 saturated carbocycles. The molecule has 0 bridgehead atoms. The molecule has 1 aromatic heterocycles. The Labute approximate surface area is 120 Å². The lowest BCUT2D eigenvalue weighted by atomic mass is 9.97. The Hall–Kier alpha value is -0.650. The average molecular weight is 282 g/mol. The Bertz CT molecular complexity index is 383. The molecule has 1 aromatic rings. The normalized spacial score (nSPS) is 19.1. The van der Waals surface area contributed by atoms with Crippen LogP contribution in [-0.2, 0) is 0 Å². The van der Waals surface area contributed by atoms with E-state index in [-0.39, 0.29) is 0 Å². The van der Waals surface area contributed by atoms with E-state index in [4.69, 9.17) is 0 Å². The van der Waals surface area contributed by atoms with Crippen molar-refractivity contribution in [3.05, 3.63) is 11.1 Å². The van der Waals surface area contributed by atoms with E-state index in [1.54, 1.807) is 0 Å². The van der Waals surface area contributed by atoms with Crippen LogP contribution in [-0.4, -0.2) is 50.7 Å². The van der Waals surface area contributed by atoms with Gasteiger partial charge in [0.2, 0.25) is 0 Å². The van der Waals surface area contributed by atoms with E-state index in [9.17, 15) is 0 Å². The van der Waals surface area contributed by atoms with Gasteiger partial charge in [-0.25, -0.2) is 4.98 Å². The maximum atomic E-state index is 4.59. The topological polar surface area (TPSA) is 31.4 Å². The molecule has 2 heterocycles. The van der Waals surface area contributed by atoms with E-state index >= 15 is 0 Å². The van der Waals surface area contributed by atoms with Crippen LogP contribution in [0.4, 0.5) is 5.13 Å². The van der Waals surface area contributed by atoms with Crippen molar-refractivity contribution in [2.45, 2.75) is 25.8 Å². The zero-order valence-corrected chi connectivity index (χ0v) is 13.3. The zero-order valence-electron chi connectivity index (χ0n) is 12.5. The summed E-state index contributed by atoms with van der Waals surface area (Å²) in [6.45, 7) is 5.70. The van der Waals surface area contributed by atoms with Crippen molar-refractivity contribution >= 4 is 16.5 Å². The molecule has 1 fully saturated rings. The molecular weight excluding hydrogens is 256 g/mol. The molecule has 1 aliphatic heterocycles. The summed E-state index contributed by atoms with van der Waals surface area (Å²) in [5, 5.41) is 4.47. The van der Waals surface area contributed by atoms with E-state index < -0.39 is 0 Å². The molecule has 19 heavy (non-hydrogen) atoms. The van der Waals surface area contributed by atoms with Gasteiger partial charge >= 0.3 is 0 Å². The zero-order chi connectivity index (χ0) is 13.8. The number of nitrogens with zero attached hydrogens (tertiary/aromatic N) is 3. The first-order valence-electron chi connectivity index (χ1n) is 7.12. The quantitative estimate of drug-likeness (QED) is 0.897. The molecule has 0 spiro atoms. The van der Waals surface area contributed by atoms with Crippen LogP contribution < -0.4 is 10.2 Å². The molecule has 4 nitrogen and oxygen atoms in total. The predicted molar refractivity (Wildman–Crippen MR) is 83.1 cm³/mol. The van der Waals surface area contributed by atoms with Gasteiger partial charge < -0.3 is 15.1 Å². The lowest BCUT2D eigenvalue weighted by Crippen LogP contribution is -2.37. The molecule has 1 atom stereocenters. The van der Waals surface area contributed by atoms with Gasteiger partial charge in [0.25, 0.3) is 0 Å². The number of anilines is 1. The predicted octanol–water partition coefficient (Wildman–Crippen LogP) is 2.20. The molecular formula is C14H26N4S. The maximum Gasteiger partial charge on any atom is 0.185 e. The molecule has 1 N–H and O–H groups in total. The number of aromatic nitrogens is 1. The minimum absolute atomic E-state index is 0.400. The first-order valence-corrected chi connectivity index (χ1v) is 7.94. The molecule has 1 saturated heterocycles. The number of nitrogens with one attached hydrogen (secondary N) is 1. The van der Waals surface area contributed by atoms with Crippen LogP contribution in [0.15, 0.2) is 6.20 Å². The minimum Gasteiger partial charge on any atom is -0.348 e. The number of thiazole rings is 1. The van der Waals surface area contributed by atoms with Crippen LogP contribution in [0.1, 0.15) is 30.7 Å². The van der Waals surface area contributed by atoms with Gasteiger partial charge in [-0.2, -0.15) is 0 Å². The van der Waals surface area contributed by atoms with E-state index in [2.05, 4.69) is 41.1 Å². The molecule has 108 valence electrons. The summed E-state index contributed by atoms with van der Waals surface area (Å²) >= 11 is 1.83. The third-order valence-electron chi connectivity index (χ3n) is 3.88. The van der Waals surface area contributed by atoms with Crippen molar-refractivity contribution < 1.29 is 0 Å². The highest BCUT2D eigenvalue weighted by molar-refractivity contribution is 7.15. The molecule has 5 heteroatoms. The van der Waals surface area contributed by atoms with Gasteiger partial charge in [0.1, 0.15) is 0 Å². The second-order valence-electron chi connectivity index (χ2n) is 5.75. The van der Waals surface area contributed by atoms with Crippen LogP contribution in [0.5, 0.6) is 0 Å². The molecule has 1 aliphatic rings. The van der Waals surface area contributed by atoms with Crippen LogP contribution in [0, 0.1) is 5.92 Å². The smallest absolute Gasteiger partial charge is 0.185 e. The average Bonchev–Trinajstić information content (AvgIpc) is 2.87. The summed E-state index contributed by atoms with van der Waals surface area (Å²) in [6, 6.07) is 0.400. The molecule has 2 rings (SSSR count). The van der Waals surface area contributed by atoms with Crippen molar-refractivity contribution in [2.24, 2.45) is 5.92 Å². The summed E-state index contributed by atoms with van der Waals surface area (Å²) in [7, 11) is 6.33. The fraction of sp³-hybridized carbons (Fsp3) is 0.786. The lowest BCUT2D eigenvalue weighted by molar-refractivity contribution is 0.285. The van der Waals surface area contributed by atoms with E-state index in [1.807, 2.05) is 24.6 Å². The summed E-state index contributed by atoms with van der Waals surface area (Å²) < 4.78 is 0. The number of hydrogen-bond acceptors (Lipinski definition) is 5. The van der Waals surface area contributed by atoms with Crippen LogP contribution >= 0.6 is 11.3 Å². The Morgan fingerprint density at radius 1 is 1.47 bits per heavy atom. The number of rotatable bonds is 5. The van der Waals surface area contributed by atoms with Crippen molar-refractivity contribution in [2.75, 3.05) is 45.7 Å². The Kier molecular flexibility index (Phi) is 5.19. The monoisotopic (exact) mass is 282 g/mol. The van der Waals surface area contributed by atoms with Crippen molar-refractivity contribution in [3.63, 3.8) is 0 Å². The van der Waals surface area contributed by atoms with E-state index in [0.717, 1.165) is 19.0 Å². The Morgan fingerprint density at radius 2 is 2.16 bits per heavy atom. The van der Waals surface area contributed by atoms with Crippen molar-refractivity contribution in [1.29, 1.82) is 0 Å². The van der Waals surface area contributed by atoms with Gasteiger partial charge in [0, 0.05) is 36.8 Å². The Balaban J connectivity index is 1.89. The molecule has 0 radical (unpaired) electrons. The second kappa shape index (κ2) is 6.68. The van der Waals surface area contributed by atoms with Gasteiger partial charge in [-0.1, -0.05) is 0 Å². The van der Waals surface area contributed by atoms with E-state index in [0.29, 0.717) is 6.04 Å². The highest BCUT2D eigenvalue weighted by atomic mass is 32.1. The van der Waals surface area contributed by atoms with Crippen molar-refractivity contribution in [3.8, 4) is 0 Å². The number of hydrogen-bond donors (Lipinski definition) is 1.